The number of allylic oxidation sites excluding steroid dienone is 3. The highest BCUT2D eigenvalue weighted by Gasteiger charge is 2.24. The fourth-order valence-electron chi connectivity index (χ4n) is 2.98. The number of hydrazone groups is 1. The number of pyridine rings is 1. The fraction of sp³-hybridized carbons (Fsp3) is 0.375. The Morgan fingerprint density at radius 2 is 1.74 bits per heavy atom. The molecule has 0 saturated carbocycles. The molecule has 0 radical (unpaired) electrons. The highest BCUT2D eigenvalue weighted by atomic mass is 16.5. The molecule has 188 valence electrons. The number of nitrogens with zero attached hydrogens (tertiary/aromatic N) is 4. The molecule has 1 aliphatic heterocycles. The van der Waals surface area contributed by atoms with Crippen LogP contribution in [0.4, 0.5) is 4.79 Å². The zero-order valence-electron chi connectivity index (χ0n) is 20.3. The van der Waals surface area contributed by atoms with Gasteiger partial charge in [0.2, 0.25) is 0 Å². The topological polar surface area (TPSA) is 149 Å². The average Bonchev–Trinajstić information content (AvgIpc) is 2.99. The van der Waals surface area contributed by atoms with Gasteiger partial charge in [0.15, 0.2) is 5.69 Å². The standard InChI is InChI=1S/C18H25N3O4.C6H6N2O2/c1-5-24-16(22)13-8-7-12-9-14(17(23)25-6-2)21(15(12)20-13)11-18(3,4)10-19;9-6(10)8-5-3-1-2-4-7-8/h7-9H,5-6,10-11,19H2,1-4H3;1-5H,(H,9,10). The molecule has 0 saturated heterocycles. The van der Waals surface area contributed by atoms with E-state index in [2.05, 4.69) is 10.1 Å². The Kier molecular flexibility index (Phi) is 9.71. The Morgan fingerprint density at radius 1 is 1.06 bits per heavy atom. The van der Waals surface area contributed by atoms with Crippen molar-refractivity contribution in [3.05, 3.63) is 54.0 Å². The van der Waals surface area contributed by atoms with Crippen molar-refractivity contribution in [2.24, 2.45) is 16.3 Å². The highest BCUT2D eigenvalue weighted by molar-refractivity contribution is 5.96. The van der Waals surface area contributed by atoms with Crippen molar-refractivity contribution in [1.29, 1.82) is 0 Å². The molecule has 3 heterocycles. The highest BCUT2D eigenvalue weighted by Crippen LogP contribution is 2.25. The summed E-state index contributed by atoms with van der Waals surface area (Å²) in [6.45, 7) is 8.96. The van der Waals surface area contributed by atoms with Crippen LogP contribution in [-0.2, 0) is 16.0 Å². The van der Waals surface area contributed by atoms with E-state index in [4.69, 9.17) is 20.3 Å². The molecule has 0 bridgehead atoms. The van der Waals surface area contributed by atoms with E-state index in [1.54, 1.807) is 54.8 Å². The maximum atomic E-state index is 12.3. The summed E-state index contributed by atoms with van der Waals surface area (Å²) in [6, 6.07) is 5.07. The third-order valence-electron chi connectivity index (χ3n) is 4.77. The van der Waals surface area contributed by atoms with Crippen LogP contribution in [-0.4, -0.2) is 63.7 Å². The maximum Gasteiger partial charge on any atom is 0.432 e. The van der Waals surface area contributed by atoms with Crippen molar-refractivity contribution in [3.63, 3.8) is 0 Å². The lowest BCUT2D eigenvalue weighted by Gasteiger charge is -2.24. The van der Waals surface area contributed by atoms with E-state index in [9.17, 15) is 14.4 Å². The summed E-state index contributed by atoms with van der Waals surface area (Å²) in [5.41, 5.74) is 6.73. The first-order valence-corrected chi connectivity index (χ1v) is 11.1. The maximum absolute atomic E-state index is 12.3. The predicted octanol–water partition coefficient (Wildman–Crippen LogP) is 3.41. The molecule has 0 spiro atoms. The minimum absolute atomic E-state index is 0.203. The van der Waals surface area contributed by atoms with Gasteiger partial charge in [0.25, 0.3) is 0 Å². The van der Waals surface area contributed by atoms with Crippen LogP contribution in [0, 0.1) is 5.41 Å². The van der Waals surface area contributed by atoms with Gasteiger partial charge in [-0.25, -0.2) is 19.4 Å². The van der Waals surface area contributed by atoms with Crippen LogP contribution in [0.2, 0.25) is 0 Å². The van der Waals surface area contributed by atoms with Crippen LogP contribution in [0.5, 0.6) is 0 Å². The summed E-state index contributed by atoms with van der Waals surface area (Å²) in [5, 5.41) is 13.5. The van der Waals surface area contributed by atoms with E-state index in [-0.39, 0.29) is 24.3 Å². The van der Waals surface area contributed by atoms with Gasteiger partial charge in [-0.1, -0.05) is 19.9 Å². The third kappa shape index (κ3) is 7.51. The van der Waals surface area contributed by atoms with Gasteiger partial charge in [0.05, 0.1) is 13.2 Å². The van der Waals surface area contributed by atoms with Crippen LogP contribution in [0.15, 0.2) is 47.7 Å². The lowest BCUT2D eigenvalue weighted by Crippen LogP contribution is -2.30. The van der Waals surface area contributed by atoms with Crippen LogP contribution in [0.1, 0.15) is 48.7 Å². The first-order chi connectivity index (χ1) is 16.6. The predicted molar refractivity (Wildman–Crippen MR) is 131 cm³/mol. The average molecular weight is 486 g/mol. The number of hydrogen-bond acceptors (Lipinski definition) is 8. The first-order valence-electron chi connectivity index (χ1n) is 11.1. The molecule has 0 aromatic carbocycles. The van der Waals surface area contributed by atoms with Crippen LogP contribution in [0.3, 0.4) is 0 Å². The van der Waals surface area contributed by atoms with E-state index >= 15 is 0 Å². The molecule has 1 amide bonds. The number of carboxylic acid groups (broad SMARTS) is 1. The summed E-state index contributed by atoms with van der Waals surface area (Å²) < 4.78 is 11.9. The number of carbonyl (C=O) groups is 3. The second-order valence-electron chi connectivity index (χ2n) is 8.15. The second kappa shape index (κ2) is 12.5. The first kappa shape index (κ1) is 27.3. The molecular weight excluding hydrogens is 454 g/mol. The minimum atomic E-state index is -1.09. The van der Waals surface area contributed by atoms with Gasteiger partial charge in [-0.3, -0.25) is 0 Å². The molecule has 11 nitrogen and oxygen atoms in total. The van der Waals surface area contributed by atoms with E-state index in [1.807, 2.05) is 13.8 Å². The Balaban J connectivity index is 0.000000360. The fourth-order valence-corrected chi connectivity index (χ4v) is 2.98. The van der Waals surface area contributed by atoms with Gasteiger partial charge in [0.1, 0.15) is 11.3 Å². The lowest BCUT2D eigenvalue weighted by molar-refractivity contribution is 0.0507. The Bertz CT molecular complexity index is 1130. The molecule has 35 heavy (non-hydrogen) atoms. The summed E-state index contributed by atoms with van der Waals surface area (Å²) in [7, 11) is 0. The molecule has 3 N–H and O–H groups in total. The number of ether oxygens (including phenoxy) is 2. The summed E-state index contributed by atoms with van der Waals surface area (Å²) >= 11 is 0. The van der Waals surface area contributed by atoms with Crippen molar-refractivity contribution in [1.82, 2.24) is 14.6 Å². The van der Waals surface area contributed by atoms with Gasteiger partial charge >= 0.3 is 18.0 Å². The van der Waals surface area contributed by atoms with Gasteiger partial charge in [-0.15, -0.1) is 0 Å². The number of nitrogens with two attached hydrogens (primary N) is 1. The smallest absolute Gasteiger partial charge is 0.432 e. The van der Waals surface area contributed by atoms with Gasteiger partial charge < -0.3 is 24.9 Å². The van der Waals surface area contributed by atoms with Crippen molar-refractivity contribution in [3.8, 4) is 0 Å². The van der Waals surface area contributed by atoms with Crippen LogP contribution >= 0.6 is 0 Å². The molecule has 0 aliphatic carbocycles. The Hall–Kier alpha value is -3.99. The van der Waals surface area contributed by atoms with Crippen molar-refractivity contribution < 1.29 is 29.0 Å². The number of aromatic nitrogens is 2. The summed E-state index contributed by atoms with van der Waals surface area (Å²) in [5.74, 6) is -0.918. The number of rotatable bonds is 7. The van der Waals surface area contributed by atoms with Crippen LogP contribution in [0.25, 0.3) is 11.0 Å². The number of hydrogen-bond donors (Lipinski definition) is 2. The van der Waals surface area contributed by atoms with Gasteiger partial charge in [-0.2, -0.15) is 10.1 Å². The number of fused-ring (bicyclic) bond motifs is 1. The van der Waals surface area contributed by atoms with Gasteiger partial charge in [0, 0.05) is 24.3 Å². The van der Waals surface area contributed by atoms with Crippen LogP contribution < -0.4 is 5.73 Å². The molecule has 0 fully saturated rings. The monoisotopic (exact) mass is 485 g/mol. The summed E-state index contributed by atoms with van der Waals surface area (Å²) in [4.78, 5) is 39.0. The molecule has 0 unspecified atom stereocenters. The Labute approximate surface area is 203 Å². The van der Waals surface area contributed by atoms with Crippen molar-refractivity contribution >= 4 is 35.3 Å². The second-order valence-corrected chi connectivity index (χ2v) is 8.15. The van der Waals surface area contributed by atoms with Crippen molar-refractivity contribution in [2.75, 3.05) is 19.8 Å². The molecule has 11 heteroatoms. The lowest BCUT2D eigenvalue weighted by atomic mass is 9.94. The molecule has 2 aromatic rings. The molecule has 3 rings (SSSR count). The third-order valence-corrected chi connectivity index (χ3v) is 4.77. The minimum Gasteiger partial charge on any atom is -0.463 e. The van der Waals surface area contributed by atoms with E-state index in [0.29, 0.717) is 24.4 Å². The summed E-state index contributed by atoms with van der Waals surface area (Å²) in [6.07, 6.45) is 6.64. The number of amides is 1. The van der Waals surface area contributed by atoms with E-state index < -0.39 is 18.0 Å². The molecule has 1 aliphatic rings. The number of carbonyl (C=O) groups excluding carboxylic acids is 2. The molecular formula is C24H31N5O6. The molecule has 0 atom stereocenters. The zero-order valence-corrected chi connectivity index (χ0v) is 20.3. The van der Waals surface area contributed by atoms with Crippen molar-refractivity contribution in [2.45, 2.75) is 34.2 Å². The molecule has 2 aromatic heterocycles. The van der Waals surface area contributed by atoms with Gasteiger partial charge in [-0.05, 0) is 56.2 Å². The SMILES string of the molecule is CCOC(=O)c1ccc2cc(C(=O)OCC)n(CC(C)(C)CN)c2n1.O=C(O)N1C=CC=CC=N1. The number of esters is 2. The zero-order chi connectivity index (χ0) is 26.0. The van der Waals surface area contributed by atoms with E-state index in [1.165, 1.54) is 12.4 Å². The largest absolute Gasteiger partial charge is 0.463 e. The van der Waals surface area contributed by atoms with E-state index in [0.717, 1.165) is 10.4 Å². The quantitative estimate of drug-likeness (QED) is 0.567. The Morgan fingerprint density at radius 3 is 2.37 bits per heavy atom. The normalized spacial score (nSPS) is 12.7.